The highest BCUT2D eigenvalue weighted by Crippen LogP contribution is 2.40. The molecule has 2 aliphatic rings. The number of hydrogen-bond acceptors (Lipinski definition) is 7. The highest BCUT2D eigenvalue weighted by Gasteiger charge is 2.30. The molecule has 0 aromatic heterocycles. The molecule has 2 N–H and O–H groups in total. The van der Waals surface area contributed by atoms with E-state index in [1.165, 1.54) is 5.56 Å². The molecule has 5 rings (SSSR count). The maximum Gasteiger partial charge on any atom is 0.338 e. The van der Waals surface area contributed by atoms with E-state index >= 15 is 0 Å². The lowest BCUT2D eigenvalue weighted by Crippen LogP contribution is -2.22. The molecule has 2 heterocycles. The molecule has 2 aliphatic heterocycles. The summed E-state index contributed by atoms with van der Waals surface area (Å²) in [6.07, 6.45) is 0. The van der Waals surface area contributed by atoms with Gasteiger partial charge in [0, 0.05) is 23.4 Å². The summed E-state index contributed by atoms with van der Waals surface area (Å²) in [7, 11) is 0. The first-order valence-corrected chi connectivity index (χ1v) is 13.4. The number of nitrogens with one attached hydrogen (secondary N) is 2. The van der Waals surface area contributed by atoms with E-state index in [-0.39, 0.29) is 12.5 Å². The number of carbonyl (C=O) groups is 2. The molecule has 1 amide bonds. The normalized spacial score (nSPS) is 15.0. The van der Waals surface area contributed by atoms with Crippen molar-refractivity contribution in [2.24, 2.45) is 0 Å². The van der Waals surface area contributed by atoms with E-state index in [0.717, 1.165) is 30.9 Å². The average Bonchev–Trinajstić information content (AvgIpc) is 3.29. The Kier molecular flexibility index (Phi) is 7.84. The third-order valence-corrected chi connectivity index (χ3v) is 6.88. The molecule has 0 saturated heterocycles. The van der Waals surface area contributed by atoms with Gasteiger partial charge in [-0.2, -0.15) is 0 Å². The summed E-state index contributed by atoms with van der Waals surface area (Å²) in [6.45, 7) is 10.2. The molecule has 0 fully saturated rings. The summed E-state index contributed by atoms with van der Waals surface area (Å²) in [5.41, 5.74) is 5.59. The van der Waals surface area contributed by atoms with Crippen LogP contribution in [0.2, 0.25) is 0 Å². The predicted molar refractivity (Wildman–Crippen MR) is 152 cm³/mol. The zero-order valence-electron chi connectivity index (χ0n) is 22.5. The van der Waals surface area contributed by atoms with E-state index < -0.39 is 5.97 Å². The van der Waals surface area contributed by atoms with E-state index in [1.807, 2.05) is 30.3 Å². The lowest BCUT2D eigenvalue weighted by Gasteiger charge is -2.21. The van der Waals surface area contributed by atoms with E-state index in [2.05, 4.69) is 41.5 Å². The van der Waals surface area contributed by atoms with Crippen LogP contribution in [0.4, 0.5) is 11.4 Å². The first kappa shape index (κ1) is 26.3. The fourth-order valence-corrected chi connectivity index (χ4v) is 4.78. The number of fused-ring (bicyclic) bond motifs is 2. The molecular weight excluding hydrogens is 494 g/mol. The van der Waals surface area contributed by atoms with Crippen LogP contribution < -0.4 is 20.1 Å². The Morgan fingerprint density at radius 3 is 2.36 bits per heavy atom. The predicted octanol–water partition coefficient (Wildman–Crippen LogP) is 5.41. The topological polar surface area (TPSA) is 89.1 Å². The Morgan fingerprint density at radius 1 is 0.923 bits per heavy atom. The second-order valence-corrected chi connectivity index (χ2v) is 9.33. The third kappa shape index (κ3) is 5.61. The van der Waals surface area contributed by atoms with Gasteiger partial charge in [0.15, 0.2) is 11.5 Å². The maximum absolute atomic E-state index is 13.4. The van der Waals surface area contributed by atoms with Gasteiger partial charge < -0.3 is 24.8 Å². The molecule has 0 saturated carbocycles. The maximum atomic E-state index is 13.4. The number of ether oxygens (including phenoxy) is 3. The molecule has 0 unspecified atom stereocenters. The fourth-order valence-electron chi connectivity index (χ4n) is 4.78. The van der Waals surface area contributed by atoms with Crippen LogP contribution >= 0.6 is 0 Å². The number of esters is 1. The molecule has 3 aromatic rings. The van der Waals surface area contributed by atoms with Gasteiger partial charge in [-0.3, -0.25) is 9.69 Å². The van der Waals surface area contributed by atoms with Crippen molar-refractivity contribution in [2.45, 2.75) is 27.3 Å². The molecule has 202 valence electrons. The van der Waals surface area contributed by atoms with Crippen molar-refractivity contribution in [3.63, 3.8) is 0 Å². The number of rotatable bonds is 9. The number of carbonyl (C=O) groups excluding carboxylic acids is 2. The van der Waals surface area contributed by atoms with Gasteiger partial charge in [0.1, 0.15) is 13.2 Å². The molecular formula is C31H33N3O5. The van der Waals surface area contributed by atoms with Crippen LogP contribution in [-0.4, -0.2) is 49.7 Å². The Labute approximate surface area is 228 Å². The quantitative estimate of drug-likeness (QED) is 0.284. The van der Waals surface area contributed by atoms with Crippen LogP contribution in [0.3, 0.4) is 0 Å². The van der Waals surface area contributed by atoms with Crippen molar-refractivity contribution in [3.8, 4) is 11.5 Å². The van der Waals surface area contributed by atoms with Crippen LogP contribution in [-0.2, 0) is 16.1 Å². The minimum absolute atomic E-state index is 0.262. The first-order valence-electron chi connectivity index (χ1n) is 13.4. The Bertz CT molecular complexity index is 1410. The minimum atomic E-state index is -0.429. The smallest absolute Gasteiger partial charge is 0.338 e. The van der Waals surface area contributed by atoms with Crippen molar-refractivity contribution in [2.75, 3.05) is 43.5 Å². The van der Waals surface area contributed by atoms with Crippen molar-refractivity contribution in [1.29, 1.82) is 0 Å². The number of anilines is 2. The molecule has 3 aromatic carbocycles. The zero-order valence-corrected chi connectivity index (χ0v) is 22.5. The van der Waals surface area contributed by atoms with Gasteiger partial charge in [0.2, 0.25) is 0 Å². The highest BCUT2D eigenvalue weighted by molar-refractivity contribution is 6.37. The number of hydrogen-bond donors (Lipinski definition) is 2. The van der Waals surface area contributed by atoms with Crippen molar-refractivity contribution in [3.05, 3.63) is 82.9 Å². The molecule has 0 bridgehead atoms. The van der Waals surface area contributed by atoms with Crippen molar-refractivity contribution >= 4 is 34.5 Å². The summed E-state index contributed by atoms with van der Waals surface area (Å²) in [4.78, 5) is 28.0. The zero-order chi connectivity index (χ0) is 27.4. The van der Waals surface area contributed by atoms with Crippen LogP contribution in [0.15, 0.2) is 60.7 Å². The van der Waals surface area contributed by atoms with Gasteiger partial charge >= 0.3 is 5.97 Å². The van der Waals surface area contributed by atoms with Gasteiger partial charge in [-0.05, 0) is 68.0 Å². The molecule has 0 spiro atoms. The van der Waals surface area contributed by atoms with Gasteiger partial charge in [0.25, 0.3) is 5.91 Å². The lowest BCUT2D eigenvalue weighted by molar-refractivity contribution is -0.110. The summed E-state index contributed by atoms with van der Waals surface area (Å²) in [6, 6.07) is 19.0. The summed E-state index contributed by atoms with van der Waals surface area (Å²) in [5.74, 6) is 0.610. The van der Waals surface area contributed by atoms with E-state index in [4.69, 9.17) is 14.2 Å². The monoisotopic (exact) mass is 527 g/mol. The van der Waals surface area contributed by atoms with Crippen LogP contribution in [0.5, 0.6) is 11.5 Å². The third-order valence-electron chi connectivity index (χ3n) is 6.88. The van der Waals surface area contributed by atoms with Gasteiger partial charge in [-0.25, -0.2) is 4.79 Å². The van der Waals surface area contributed by atoms with E-state index in [9.17, 15) is 9.59 Å². The Balaban J connectivity index is 1.56. The second kappa shape index (κ2) is 11.6. The molecule has 39 heavy (non-hydrogen) atoms. The fraction of sp³-hybridized carbons (Fsp3) is 0.290. The number of benzene rings is 3. The standard InChI is InChI=1S/C31H33N3O5/c1-4-34(5-2)19-20-7-11-23(12-8-20)32-29(21-10-14-26-27(18-21)39-16-15-38-26)28-24-13-9-22(31(36)37-6-3)17-25(24)33-30(28)35/h7-14,17-18,32H,4-6,15-16,19H2,1-3H3,(H,33,35). The summed E-state index contributed by atoms with van der Waals surface area (Å²) >= 11 is 0. The first-order chi connectivity index (χ1) is 19.0. The summed E-state index contributed by atoms with van der Waals surface area (Å²) in [5, 5.41) is 6.42. The van der Waals surface area contributed by atoms with Crippen molar-refractivity contribution < 1.29 is 23.8 Å². The molecule has 0 radical (unpaired) electrons. The Hall–Kier alpha value is -4.30. The van der Waals surface area contributed by atoms with Crippen LogP contribution in [0.25, 0.3) is 11.3 Å². The Morgan fingerprint density at radius 2 is 1.64 bits per heavy atom. The molecule has 0 aliphatic carbocycles. The molecule has 8 heteroatoms. The van der Waals surface area contributed by atoms with Gasteiger partial charge in [-0.15, -0.1) is 0 Å². The second-order valence-electron chi connectivity index (χ2n) is 9.33. The van der Waals surface area contributed by atoms with E-state index in [0.29, 0.717) is 52.8 Å². The molecule has 8 nitrogen and oxygen atoms in total. The average molecular weight is 528 g/mol. The SMILES string of the molecule is CCOC(=O)c1ccc2c(c1)NC(=O)C2=C(Nc1ccc(CN(CC)CC)cc1)c1ccc2c(c1)OCCO2. The van der Waals surface area contributed by atoms with Crippen LogP contribution in [0, 0.1) is 0 Å². The summed E-state index contributed by atoms with van der Waals surface area (Å²) < 4.78 is 16.7. The van der Waals surface area contributed by atoms with Crippen molar-refractivity contribution in [1.82, 2.24) is 4.90 Å². The van der Waals surface area contributed by atoms with Gasteiger partial charge in [0.05, 0.1) is 29.1 Å². The minimum Gasteiger partial charge on any atom is -0.486 e. The number of amides is 1. The van der Waals surface area contributed by atoms with Crippen LogP contribution in [0.1, 0.15) is 47.8 Å². The van der Waals surface area contributed by atoms with E-state index in [1.54, 1.807) is 25.1 Å². The molecule has 0 atom stereocenters. The number of nitrogens with zero attached hydrogens (tertiary/aromatic N) is 1. The van der Waals surface area contributed by atoms with Gasteiger partial charge in [-0.1, -0.05) is 32.0 Å². The largest absolute Gasteiger partial charge is 0.486 e. The highest BCUT2D eigenvalue weighted by atomic mass is 16.6. The lowest BCUT2D eigenvalue weighted by atomic mass is 9.98.